The first kappa shape index (κ1) is 40.3. The third-order valence-corrected chi connectivity index (χ3v) is 11.9. The molecule has 1 N–H and O–H groups in total. The summed E-state index contributed by atoms with van der Waals surface area (Å²) in [5, 5.41) is 13.2. The van der Waals surface area contributed by atoms with Crippen molar-refractivity contribution in [3.8, 4) is 22.5 Å². The average molecular weight is 904 g/mol. The van der Waals surface area contributed by atoms with E-state index in [1.165, 1.54) is 53.8 Å². The van der Waals surface area contributed by atoms with Gasteiger partial charge in [-0.1, -0.05) is 93.8 Å². The molecule has 0 unspecified atom stereocenters. The van der Waals surface area contributed by atoms with Gasteiger partial charge in [0.15, 0.2) is 5.78 Å². The number of benzene rings is 3. The van der Waals surface area contributed by atoms with Crippen LogP contribution in [0.3, 0.4) is 0 Å². The van der Waals surface area contributed by atoms with Crippen LogP contribution in [0.1, 0.15) is 108 Å². The van der Waals surface area contributed by atoms with Crippen molar-refractivity contribution in [3.63, 3.8) is 0 Å². The molecule has 0 saturated heterocycles. The van der Waals surface area contributed by atoms with E-state index in [9.17, 15) is 9.90 Å². The molecule has 3 heterocycles. The summed E-state index contributed by atoms with van der Waals surface area (Å²) in [6.45, 7) is 12.0. The number of aromatic nitrogens is 4. The summed E-state index contributed by atoms with van der Waals surface area (Å²) in [4.78, 5) is 30.5. The van der Waals surface area contributed by atoms with Gasteiger partial charge in [-0.05, 0) is 76.0 Å². The van der Waals surface area contributed by atoms with Crippen LogP contribution < -0.4 is 0 Å². The maximum Gasteiger partial charge on any atom is 0.162 e. The predicted molar refractivity (Wildman–Crippen MR) is 217 cm³/mol. The molecule has 0 spiro atoms. The second-order valence-electron chi connectivity index (χ2n) is 14.2. The van der Waals surface area contributed by atoms with Crippen LogP contribution in [0.4, 0.5) is 0 Å². The van der Waals surface area contributed by atoms with Crippen LogP contribution in [0.15, 0.2) is 72.8 Å². The summed E-state index contributed by atoms with van der Waals surface area (Å²) in [7, 11) is 0. The first-order valence-electron chi connectivity index (χ1n) is 19.1. The van der Waals surface area contributed by atoms with E-state index < -0.39 is 0 Å². The van der Waals surface area contributed by atoms with Crippen LogP contribution in [0.2, 0.25) is 0 Å². The third-order valence-electron chi connectivity index (χ3n) is 10.7. The summed E-state index contributed by atoms with van der Waals surface area (Å²) in [6, 6.07) is 23.3. The van der Waals surface area contributed by atoms with E-state index >= 15 is 0 Å². The van der Waals surface area contributed by atoms with Crippen molar-refractivity contribution < 1.29 is 30.0 Å². The van der Waals surface area contributed by atoms with E-state index in [1.807, 2.05) is 41.5 Å². The van der Waals surface area contributed by atoms with Gasteiger partial charge in [-0.25, -0.2) is 15.0 Å². The van der Waals surface area contributed by atoms with Gasteiger partial charge in [0.25, 0.3) is 0 Å². The van der Waals surface area contributed by atoms with Gasteiger partial charge in [-0.2, -0.15) is 0 Å². The molecule has 1 radical (unpaired) electrons. The molecule has 1 aliphatic carbocycles. The van der Waals surface area contributed by atoms with Crippen LogP contribution in [-0.4, -0.2) is 30.8 Å². The van der Waals surface area contributed by atoms with Gasteiger partial charge in [-0.15, -0.1) is 34.9 Å². The Bertz CT molecular complexity index is 2190. The minimum atomic E-state index is 0. The zero-order valence-electron chi connectivity index (χ0n) is 31.8. The van der Waals surface area contributed by atoms with E-state index in [0.717, 1.165) is 80.7 Å². The fraction of sp³-hybridized carbons (Fsp3) is 0.400. The Kier molecular flexibility index (Phi) is 14.1. The summed E-state index contributed by atoms with van der Waals surface area (Å²) < 4.78 is 2.41. The molecule has 0 amide bonds. The molecule has 1 saturated carbocycles. The molecule has 7 rings (SSSR count). The Morgan fingerprint density at radius 1 is 0.887 bits per heavy atom. The summed E-state index contributed by atoms with van der Waals surface area (Å²) in [6.07, 6.45) is 13.3. The molecule has 0 bridgehead atoms. The second-order valence-corrected chi connectivity index (χ2v) is 15.2. The predicted octanol–water partition coefficient (Wildman–Crippen LogP) is 12.5. The number of hydrogen-bond donors (Lipinski definition) is 1. The van der Waals surface area contributed by atoms with Crippen LogP contribution in [0.25, 0.3) is 53.6 Å². The molecule has 6 nitrogen and oxygen atoms in total. The number of hydrogen-bond acceptors (Lipinski definition) is 7. The first-order valence-corrected chi connectivity index (χ1v) is 20.0. The molecule has 3 aromatic carbocycles. The van der Waals surface area contributed by atoms with E-state index in [0.29, 0.717) is 5.92 Å². The van der Waals surface area contributed by atoms with Gasteiger partial charge in [0.05, 0.1) is 17.0 Å². The van der Waals surface area contributed by atoms with Crippen molar-refractivity contribution >= 4 is 48.2 Å². The second kappa shape index (κ2) is 18.5. The van der Waals surface area contributed by atoms with Crippen molar-refractivity contribution in [1.82, 2.24) is 19.9 Å². The van der Waals surface area contributed by atoms with E-state index in [4.69, 9.17) is 15.0 Å². The summed E-state index contributed by atoms with van der Waals surface area (Å²) in [5.74, 6) is 2.01. The number of rotatable bonds is 10. The maximum absolute atomic E-state index is 11.7. The zero-order valence-corrected chi connectivity index (χ0v) is 35.0. The molecule has 3 aromatic heterocycles. The molecule has 279 valence electrons. The van der Waals surface area contributed by atoms with Crippen molar-refractivity contribution in [1.29, 1.82) is 0 Å². The number of aryl methyl sites for hydroxylation is 2. The van der Waals surface area contributed by atoms with E-state index in [2.05, 4.69) is 65.6 Å². The Morgan fingerprint density at radius 2 is 1.60 bits per heavy atom. The minimum Gasteiger partial charge on any atom is -0.512 e. The fourth-order valence-corrected chi connectivity index (χ4v) is 8.89. The molecule has 0 atom stereocenters. The number of carbonyl (C=O) groups excluding carboxylic acids is 1. The molecular weight excluding hydrogens is 853 g/mol. The number of nitrogens with zero attached hydrogens (tertiary/aromatic N) is 4. The molecule has 6 aromatic rings. The zero-order chi connectivity index (χ0) is 36.8. The molecule has 1 fully saturated rings. The SMILES string of the molecule is CCC(CC)C(=O)/C=C(\O)C(CC)CC.Cc1cc(-c2cc(-c3ncnc4c3sc3cc(C5CCCCC5)ccc34)[c-]c3ccccc23)nc(C)n1.[Ir]. The van der Waals surface area contributed by atoms with Crippen molar-refractivity contribution in [2.24, 2.45) is 11.8 Å². The average Bonchev–Trinajstić information content (AvgIpc) is 3.54. The molecule has 8 heteroatoms. The van der Waals surface area contributed by atoms with Crippen LogP contribution >= 0.6 is 11.3 Å². The van der Waals surface area contributed by atoms with Gasteiger partial charge in [-0.3, -0.25) is 9.78 Å². The Morgan fingerprint density at radius 3 is 2.30 bits per heavy atom. The number of carbonyl (C=O) groups is 1. The van der Waals surface area contributed by atoms with Crippen molar-refractivity contribution in [3.05, 3.63) is 95.9 Å². The standard InChI is InChI=1S/C32H27N4S.C13H24O2.Ir/c1-19-14-28(36-20(2)35-19)27-16-24(15-23-10-6-7-11-25(23)27)30-32-31(34-18-33-30)26-13-12-22(17-29(26)37-32)21-8-4-3-5-9-21;1-5-10(6-2)12(14)9-13(15)11(7-3)8-4;/h6-7,10-14,16-18,21H,3-5,8-9H2,1-2H3;9-11,14H,5-8H2,1-4H3;/q-1;;/b;12-9-;. The van der Waals surface area contributed by atoms with Crippen LogP contribution in [0.5, 0.6) is 0 Å². The summed E-state index contributed by atoms with van der Waals surface area (Å²) >= 11 is 1.80. The number of allylic oxidation sites excluding steroid dienone is 2. The quantitative estimate of drug-likeness (QED) is 0.0837. The van der Waals surface area contributed by atoms with Crippen LogP contribution in [-0.2, 0) is 24.9 Å². The first-order chi connectivity index (χ1) is 25.2. The topological polar surface area (TPSA) is 88.9 Å². The third kappa shape index (κ3) is 9.11. The van der Waals surface area contributed by atoms with Gasteiger partial charge in [0.2, 0.25) is 0 Å². The number of aliphatic hydroxyl groups is 1. The van der Waals surface area contributed by atoms with E-state index in [1.54, 1.807) is 17.7 Å². The van der Waals surface area contributed by atoms with Crippen molar-refractivity contribution in [2.75, 3.05) is 0 Å². The Balaban J connectivity index is 0.000000290. The normalized spacial score (nSPS) is 13.8. The molecular formula is C45H51IrN4O2S-. The number of ketones is 1. The smallest absolute Gasteiger partial charge is 0.162 e. The number of fused-ring (bicyclic) bond motifs is 4. The van der Waals surface area contributed by atoms with Crippen LogP contribution in [0, 0.1) is 31.7 Å². The number of aliphatic hydroxyl groups excluding tert-OH is 1. The van der Waals surface area contributed by atoms with Gasteiger partial charge < -0.3 is 5.11 Å². The molecule has 0 aliphatic heterocycles. The van der Waals surface area contributed by atoms with Gasteiger partial charge in [0.1, 0.15) is 12.2 Å². The Hall–Kier alpha value is -3.84. The Labute approximate surface area is 332 Å². The largest absolute Gasteiger partial charge is 0.512 e. The summed E-state index contributed by atoms with van der Waals surface area (Å²) in [5.41, 5.74) is 7.36. The maximum atomic E-state index is 11.7. The van der Waals surface area contributed by atoms with Gasteiger partial charge in [0, 0.05) is 64.2 Å². The monoisotopic (exact) mass is 904 g/mol. The van der Waals surface area contributed by atoms with Gasteiger partial charge >= 0.3 is 0 Å². The minimum absolute atomic E-state index is 0. The van der Waals surface area contributed by atoms with E-state index in [-0.39, 0.29) is 43.5 Å². The fourth-order valence-electron chi connectivity index (χ4n) is 7.68. The molecule has 53 heavy (non-hydrogen) atoms. The number of thiophene rings is 1. The van der Waals surface area contributed by atoms with Crippen molar-refractivity contribution in [2.45, 2.75) is 105 Å². The molecule has 1 aliphatic rings.